The maximum absolute atomic E-state index is 12.3. The molecule has 0 aromatic heterocycles. The van der Waals surface area contributed by atoms with E-state index < -0.39 is 0 Å². The molecule has 0 saturated carbocycles. The fourth-order valence-electron chi connectivity index (χ4n) is 4.22. The summed E-state index contributed by atoms with van der Waals surface area (Å²) in [6.45, 7) is 2.90. The van der Waals surface area contributed by atoms with E-state index in [4.69, 9.17) is 0 Å². The van der Waals surface area contributed by atoms with Crippen LogP contribution in [0.25, 0.3) is 0 Å². The Hall–Kier alpha value is -2.13. The fraction of sp³-hybridized carbons (Fsp3) is 0.409. The standard InChI is InChI=1S/C22H26N2O/c1-23-14-12-21(17-7-3-2-4-8-17)20-11-10-19(15-18(20)16-23)24-13-6-5-9-22(24)25/h2-4,7-8,10-11,15,21H,5-6,9,12-14,16H2,1H3. The van der Waals surface area contributed by atoms with Crippen molar-refractivity contribution in [3.63, 3.8) is 0 Å². The summed E-state index contributed by atoms with van der Waals surface area (Å²) in [5, 5.41) is 0. The van der Waals surface area contributed by atoms with Crippen LogP contribution in [0, 0.1) is 0 Å². The van der Waals surface area contributed by atoms with Crippen LogP contribution in [0.1, 0.15) is 48.3 Å². The summed E-state index contributed by atoms with van der Waals surface area (Å²) in [4.78, 5) is 16.7. The van der Waals surface area contributed by atoms with Gasteiger partial charge in [-0.1, -0.05) is 36.4 Å². The molecule has 3 nitrogen and oxygen atoms in total. The Bertz CT molecular complexity index is 756. The van der Waals surface area contributed by atoms with Crippen molar-refractivity contribution in [2.24, 2.45) is 0 Å². The molecule has 1 atom stereocenters. The Morgan fingerprint density at radius 3 is 2.64 bits per heavy atom. The van der Waals surface area contributed by atoms with Gasteiger partial charge in [-0.15, -0.1) is 0 Å². The molecule has 1 saturated heterocycles. The topological polar surface area (TPSA) is 23.6 Å². The highest BCUT2D eigenvalue weighted by molar-refractivity contribution is 5.94. The van der Waals surface area contributed by atoms with Crippen LogP contribution < -0.4 is 4.90 Å². The minimum atomic E-state index is 0.271. The van der Waals surface area contributed by atoms with Gasteiger partial charge in [0.05, 0.1) is 0 Å². The maximum Gasteiger partial charge on any atom is 0.226 e. The van der Waals surface area contributed by atoms with Crippen molar-refractivity contribution in [2.75, 3.05) is 25.0 Å². The third-order valence-corrected chi connectivity index (χ3v) is 5.58. The number of piperidine rings is 1. The molecule has 2 heterocycles. The van der Waals surface area contributed by atoms with Gasteiger partial charge in [-0.2, -0.15) is 0 Å². The lowest BCUT2D eigenvalue weighted by atomic mass is 9.86. The third-order valence-electron chi connectivity index (χ3n) is 5.58. The molecule has 2 aromatic carbocycles. The van der Waals surface area contributed by atoms with Crippen LogP contribution in [0.4, 0.5) is 5.69 Å². The van der Waals surface area contributed by atoms with Gasteiger partial charge in [-0.3, -0.25) is 4.79 Å². The van der Waals surface area contributed by atoms with E-state index in [2.05, 4.69) is 60.5 Å². The molecule has 2 aliphatic rings. The van der Waals surface area contributed by atoms with Crippen LogP contribution in [-0.4, -0.2) is 30.9 Å². The number of fused-ring (bicyclic) bond motifs is 1. The van der Waals surface area contributed by atoms with Gasteiger partial charge in [0.1, 0.15) is 0 Å². The summed E-state index contributed by atoms with van der Waals surface area (Å²) in [6.07, 6.45) is 3.95. The Kier molecular flexibility index (Phi) is 4.58. The fourth-order valence-corrected chi connectivity index (χ4v) is 4.22. The first kappa shape index (κ1) is 16.3. The number of hydrogen-bond acceptors (Lipinski definition) is 2. The quantitative estimate of drug-likeness (QED) is 0.823. The molecule has 1 fully saturated rings. The first-order valence-electron chi connectivity index (χ1n) is 9.39. The zero-order chi connectivity index (χ0) is 17.2. The van der Waals surface area contributed by atoms with Crippen molar-refractivity contribution in [3.05, 3.63) is 65.2 Å². The van der Waals surface area contributed by atoms with Gasteiger partial charge >= 0.3 is 0 Å². The van der Waals surface area contributed by atoms with Crippen molar-refractivity contribution in [2.45, 2.75) is 38.1 Å². The van der Waals surface area contributed by atoms with Crippen molar-refractivity contribution in [3.8, 4) is 0 Å². The normalized spacial score (nSPS) is 21.7. The van der Waals surface area contributed by atoms with Crippen LogP contribution >= 0.6 is 0 Å². The molecule has 0 bridgehead atoms. The number of rotatable bonds is 2. The van der Waals surface area contributed by atoms with Crippen LogP contribution in [0.3, 0.4) is 0 Å². The number of anilines is 1. The molecule has 130 valence electrons. The molecule has 0 aliphatic carbocycles. The van der Waals surface area contributed by atoms with Crippen LogP contribution in [0.15, 0.2) is 48.5 Å². The third kappa shape index (κ3) is 3.34. The minimum absolute atomic E-state index is 0.271. The number of hydrogen-bond donors (Lipinski definition) is 0. The first-order valence-corrected chi connectivity index (χ1v) is 9.39. The Morgan fingerprint density at radius 2 is 1.84 bits per heavy atom. The van der Waals surface area contributed by atoms with E-state index in [1.165, 1.54) is 16.7 Å². The molecule has 3 heteroatoms. The highest BCUT2D eigenvalue weighted by Gasteiger charge is 2.25. The predicted molar refractivity (Wildman–Crippen MR) is 102 cm³/mol. The van der Waals surface area contributed by atoms with Gasteiger partial charge in [0, 0.05) is 31.1 Å². The van der Waals surface area contributed by atoms with Gasteiger partial charge < -0.3 is 9.80 Å². The molecule has 2 aliphatic heterocycles. The summed E-state index contributed by atoms with van der Waals surface area (Å²) >= 11 is 0. The van der Waals surface area contributed by atoms with Gasteiger partial charge in [0.25, 0.3) is 0 Å². The van der Waals surface area contributed by atoms with E-state index in [0.717, 1.165) is 44.6 Å². The smallest absolute Gasteiger partial charge is 0.226 e. The minimum Gasteiger partial charge on any atom is -0.312 e. The molecule has 2 aromatic rings. The molecule has 25 heavy (non-hydrogen) atoms. The highest BCUT2D eigenvalue weighted by atomic mass is 16.2. The number of carbonyl (C=O) groups excluding carboxylic acids is 1. The summed E-state index contributed by atoms with van der Waals surface area (Å²) in [6, 6.07) is 17.5. The molecule has 4 rings (SSSR count). The first-order chi connectivity index (χ1) is 12.2. The van der Waals surface area contributed by atoms with Crippen LogP contribution in [-0.2, 0) is 11.3 Å². The summed E-state index contributed by atoms with van der Waals surface area (Å²) < 4.78 is 0. The van der Waals surface area contributed by atoms with Crippen molar-refractivity contribution < 1.29 is 4.79 Å². The molecular weight excluding hydrogens is 308 g/mol. The number of nitrogens with zero attached hydrogens (tertiary/aromatic N) is 2. The second-order valence-electron chi connectivity index (χ2n) is 7.38. The van der Waals surface area contributed by atoms with Gasteiger partial charge in [0.15, 0.2) is 0 Å². The molecule has 0 radical (unpaired) electrons. The number of amides is 1. The van der Waals surface area contributed by atoms with Crippen molar-refractivity contribution in [1.29, 1.82) is 0 Å². The van der Waals surface area contributed by atoms with E-state index in [0.29, 0.717) is 12.3 Å². The molecule has 1 amide bonds. The lowest BCUT2D eigenvalue weighted by Crippen LogP contribution is -2.35. The van der Waals surface area contributed by atoms with Crippen LogP contribution in [0.2, 0.25) is 0 Å². The monoisotopic (exact) mass is 334 g/mol. The van der Waals surface area contributed by atoms with Crippen molar-refractivity contribution >= 4 is 11.6 Å². The number of carbonyl (C=O) groups is 1. The highest BCUT2D eigenvalue weighted by Crippen LogP contribution is 2.36. The van der Waals surface area contributed by atoms with E-state index in [1.807, 2.05) is 4.90 Å². The maximum atomic E-state index is 12.3. The second-order valence-corrected chi connectivity index (χ2v) is 7.38. The average Bonchev–Trinajstić information content (AvgIpc) is 2.80. The van der Waals surface area contributed by atoms with E-state index in [-0.39, 0.29) is 5.91 Å². The van der Waals surface area contributed by atoms with Gasteiger partial charge in [0.2, 0.25) is 5.91 Å². The lowest BCUT2D eigenvalue weighted by Gasteiger charge is -2.28. The van der Waals surface area contributed by atoms with Crippen molar-refractivity contribution in [1.82, 2.24) is 4.90 Å². The van der Waals surface area contributed by atoms with Gasteiger partial charge in [-0.25, -0.2) is 0 Å². The molecule has 1 unspecified atom stereocenters. The Balaban J connectivity index is 1.72. The zero-order valence-electron chi connectivity index (χ0n) is 14.9. The van der Waals surface area contributed by atoms with Crippen LogP contribution in [0.5, 0.6) is 0 Å². The van der Waals surface area contributed by atoms with E-state index >= 15 is 0 Å². The van der Waals surface area contributed by atoms with Gasteiger partial charge in [-0.05, 0) is 61.7 Å². The largest absolute Gasteiger partial charge is 0.312 e. The second kappa shape index (κ2) is 7.01. The molecule has 0 spiro atoms. The number of benzene rings is 2. The Morgan fingerprint density at radius 1 is 1.00 bits per heavy atom. The molecule has 0 N–H and O–H groups in total. The summed E-state index contributed by atoms with van der Waals surface area (Å²) in [5.41, 5.74) is 5.25. The van der Waals surface area contributed by atoms with E-state index in [9.17, 15) is 4.79 Å². The lowest BCUT2D eigenvalue weighted by molar-refractivity contribution is -0.119. The summed E-state index contributed by atoms with van der Waals surface area (Å²) in [7, 11) is 2.19. The Labute approximate surface area is 150 Å². The van der Waals surface area contributed by atoms with E-state index in [1.54, 1.807) is 0 Å². The average molecular weight is 334 g/mol. The SMILES string of the molecule is CN1CCC(c2ccccc2)c2ccc(N3CCCCC3=O)cc2C1. The molecular formula is C22H26N2O. The summed E-state index contributed by atoms with van der Waals surface area (Å²) in [5.74, 6) is 0.708. The zero-order valence-corrected chi connectivity index (χ0v) is 14.9. The predicted octanol–water partition coefficient (Wildman–Crippen LogP) is 4.17.